The molecular weight excluding hydrogens is 334 g/mol. The lowest BCUT2D eigenvalue weighted by Gasteiger charge is -2.14. The summed E-state index contributed by atoms with van der Waals surface area (Å²) in [6, 6.07) is 10.9. The Bertz CT molecular complexity index is 715. The van der Waals surface area contributed by atoms with Crippen molar-refractivity contribution >= 4 is 5.91 Å². The maximum absolute atomic E-state index is 12.5. The van der Waals surface area contributed by atoms with Gasteiger partial charge in [-0.05, 0) is 43.7 Å². The molecule has 26 heavy (non-hydrogen) atoms. The first-order valence-electron chi connectivity index (χ1n) is 8.32. The molecule has 0 aliphatic heterocycles. The third-order valence-electron chi connectivity index (χ3n) is 3.68. The maximum Gasteiger partial charge on any atom is 0.251 e. The second-order valence-electron chi connectivity index (χ2n) is 5.91. The summed E-state index contributed by atoms with van der Waals surface area (Å²) >= 11 is 0. The molecule has 1 N–H and O–H groups in total. The van der Waals surface area contributed by atoms with Crippen molar-refractivity contribution in [2.24, 2.45) is 0 Å². The lowest BCUT2D eigenvalue weighted by atomic mass is 10.1. The van der Waals surface area contributed by atoms with E-state index < -0.39 is 0 Å². The summed E-state index contributed by atoms with van der Waals surface area (Å²) in [4.78, 5) is 12.5. The number of carbonyl (C=O) groups excluding carboxylic acids is 1. The zero-order chi connectivity index (χ0) is 19.1. The van der Waals surface area contributed by atoms with Gasteiger partial charge in [0.1, 0.15) is 5.75 Å². The van der Waals surface area contributed by atoms with Crippen LogP contribution in [0.3, 0.4) is 0 Å². The first kappa shape index (κ1) is 19.4. The molecule has 0 heterocycles. The minimum atomic E-state index is -0.230. The molecule has 0 unspecified atom stereocenters. The first-order valence-corrected chi connectivity index (χ1v) is 8.32. The predicted octanol–water partition coefficient (Wildman–Crippen LogP) is 3.43. The Balaban J connectivity index is 2.08. The van der Waals surface area contributed by atoms with Crippen molar-refractivity contribution in [3.63, 3.8) is 0 Å². The van der Waals surface area contributed by atoms with Crippen molar-refractivity contribution in [3.8, 4) is 23.0 Å². The largest absolute Gasteiger partial charge is 0.493 e. The van der Waals surface area contributed by atoms with Crippen LogP contribution in [-0.4, -0.2) is 33.3 Å². The van der Waals surface area contributed by atoms with Gasteiger partial charge in [-0.25, -0.2) is 0 Å². The van der Waals surface area contributed by atoms with E-state index in [9.17, 15) is 4.79 Å². The van der Waals surface area contributed by atoms with E-state index in [2.05, 4.69) is 5.32 Å². The molecule has 6 heteroatoms. The zero-order valence-corrected chi connectivity index (χ0v) is 15.8. The summed E-state index contributed by atoms with van der Waals surface area (Å²) in [7, 11) is 4.55. The number of benzene rings is 2. The fraction of sp³-hybridized carbons (Fsp3) is 0.350. The predicted molar refractivity (Wildman–Crippen MR) is 99.5 cm³/mol. The van der Waals surface area contributed by atoms with E-state index in [-0.39, 0.29) is 12.0 Å². The molecule has 0 aromatic heterocycles. The van der Waals surface area contributed by atoms with Crippen molar-refractivity contribution in [3.05, 3.63) is 47.5 Å². The van der Waals surface area contributed by atoms with E-state index >= 15 is 0 Å². The van der Waals surface area contributed by atoms with Gasteiger partial charge in [0.2, 0.25) is 5.75 Å². The lowest BCUT2D eigenvalue weighted by molar-refractivity contribution is 0.0950. The van der Waals surface area contributed by atoms with Gasteiger partial charge in [-0.15, -0.1) is 0 Å². The first-order chi connectivity index (χ1) is 12.5. The van der Waals surface area contributed by atoms with Gasteiger partial charge in [0, 0.05) is 12.1 Å². The van der Waals surface area contributed by atoms with Gasteiger partial charge < -0.3 is 24.3 Å². The average molecular weight is 359 g/mol. The normalized spacial score (nSPS) is 10.4. The Morgan fingerprint density at radius 1 is 0.962 bits per heavy atom. The Morgan fingerprint density at radius 3 is 2.00 bits per heavy atom. The summed E-state index contributed by atoms with van der Waals surface area (Å²) in [5.41, 5.74) is 1.40. The van der Waals surface area contributed by atoms with Crippen LogP contribution >= 0.6 is 0 Å². The van der Waals surface area contributed by atoms with Crippen LogP contribution in [0.4, 0.5) is 0 Å². The number of nitrogens with one attached hydrogen (secondary N) is 1. The highest BCUT2D eigenvalue weighted by Crippen LogP contribution is 2.38. The van der Waals surface area contributed by atoms with Crippen molar-refractivity contribution in [2.75, 3.05) is 21.3 Å². The van der Waals surface area contributed by atoms with E-state index in [1.165, 1.54) is 21.3 Å². The molecule has 0 bridgehead atoms. The molecule has 1 amide bonds. The minimum absolute atomic E-state index is 0.126. The van der Waals surface area contributed by atoms with Crippen molar-refractivity contribution in [2.45, 2.75) is 26.5 Å². The summed E-state index contributed by atoms with van der Waals surface area (Å²) < 4.78 is 21.4. The highest BCUT2D eigenvalue weighted by atomic mass is 16.5. The molecule has 0 radical (unpaired) electrons. The second kappa shape index (κ2) is 8.99. The van der Waals surface area contributed by atoms with Crippen LogP contribution in [0.1, 0.15) is 29.8 Å². The molecule has 0 saturated heterocycles. The third kappa shape index (κ3) is 4.81. The van der Waals surface area contributed by atoms with Gasteiger partial charge in [0.25, 0.3) is 5.91 Å². The van der Waals surface area contributed by atoms with Crippen LogP contribution in [0, 0.1) is 0 Å². The van der Waals surface area contributed by atoms with E-state index in [4.69, 9.17) is 18.9 Å². The SMILES string of the molecule is COc1cc(C(=O)NCc2ccc(OC(C)C)cc2)cc(OC)c1OC. The maximum atomic E-state index is 12.5. The molecular formula is C20H25NO5. The molecule has 2 rings (SSSR count). The molecule has 0 aliphatic carbocycles. The van der Waals surface area contributed by atoms with E-state index in [0.717, 1.165) is 11.3 Å². The quantitative estimate of drug-likeness (QED) is 0.782. The summed E-state index contributed by atoms with van der Waals surface area (Å²) in [5, 5.41) is 2.88. The van der Waals surface area contributed by atoms with E-state index in [0.29, 0.717) is 29.4 Å². The van der Waals surface area contributed by atoms with E-state index in [1.807, 2.05) is 38.1 Å². The summed E-state index contributed by atoms with van der Waals surface area (Å²) in [5.74, 6) is 1.90. The van der Waals surface area contributed by atoms with Gasteiger partial charge in [-0.3, -0.25) is 4.79 Å². The van der Waals surface area contributed by atoms with Crippen molar-refractivity contribution in [1.29, 1.82) is 0 Å². The van der Waals surface area contributed by atoms with Crippen LogP contribution in [-0.2, 0) is 6.54 Å². The lowest BCUT2D eigenvalue weighted by Crippen LogP contribution is -2.23. The van der Waals surface area contributed by atoms with Crippen molar-refractivity contribution < 1.29 is 23.7 Å². The topological polar surface area (TPSA) is 66.0 Å². The molecule has 140 valence electrons. The molecule has 0 atom stereocenters. The Labute approximate surface area is 154 Å². The van der Waals surface area contributed by atoms with Crippen LogP contribution in [0.25, 0.3) is 0 Å². The van der Waals surface area contributed by atoms with Gasteiger partial charge >= 0.3 is 0 Å². The van der Waals surface area contributed by atoms with Gasteiger partial charge in [-0.1, -0.05) is 12.1 Å². The van der Waals surface area contributed by atoms with Gasteiger partial charge in [-0.2, -0.15) is 0 Å². The number of ether oxygens (including phenoxy) is 4. The molecule has 0 fully saturated rings. The minimum Gasteiger partial charge on any atom is -0.493 e. The standard InChI is InChI=1S/C20H25NO5/c1-13(2)26-16-8-6-14(7-9-16)12-21-20(22)15-10-17(23-3)19(25-5)18(11-15)24-4/h6-11,13H,12H2,1-5H3,(H,21,22). The number of amides is 1. The van der Waals surface area contributed by atoms with Gasteiger partial charge in [0.15, 0.2) is 11.5 Å². The highest BCUT2D eigenvalue weighted by Gasteiger charge is 2.16. The fourth-order valence-electron chi connectivity index (χ4n) is 2.45. The number of rotatable bonds is 8. The number of methoxy groups -OCH3 is 3. The van der Waals surface area contributed by atoms with E-state index in [1.54, 1.807) is 12.1 Å². The molecule has 0 spiro atoms. The van der Waals surface area contributed by atoms with Gasteiger partial charge in [0.05, 0.1) is 27.4 Å². The average Bonchev–Trinajstić information content (AvgIpc) is 2.65. The summed E-state index contributed by atoms with van der Waals surface area (Å²) in [6.45, 7) is 4.36. The zero-order valence-electron chi connectivity index (χ0n) is 15.8. The number of hydrogen-bond acceptors (Lipinski definition) is 5. The monoisotopic (exact) mass is 359 g/mol. The molecule has 2 aromatic rings. The summed E-state index contributed by atoms with van der Waals surface area (Å²) in [6.07, 6.45) is 0.126. The Kier molecular flexibility index (Phi) is 6.72. The second-order valence-corrected chi connectivity index (χ2v) is 5.91. The highest BCUT2D eigenvalue weighted by molar-refractivity contribution is 5.95. The Hall–Kier alpha value is -2.89. The van der Waals surface area contributed by atoms with Crippen LogP contribution in [0.5, 0.6) is 23.0 Å². The smallest absolute Gasteiger partial charge is 0.251 e. The molecule has 0 aliphatic rings. The van der Waals surface area contributed by atoms with Crippen LogP contribution in [0.2, 0.25) is 0 Å². The molecule has 0 saturated carbocycles. The Morgan fingerprint density at radius 2 is 1.54 bits per heavy atom. The van der Waals surface area contributed by atoms with Crippen LogP contribution < -0.4 is 24.3 Å². The fourth-order valence-corrected chi connectivity index (χ4v) is 2.45. The van der Waals surface area contributed by atoms with Crippen molar-refractivity contribution in [1.82, 2.24) is 5.32 Å². The van der Waals surface area contributed by atoms with Crippen LogP contribution in [0.15, 0.2) is 36.4 Å². The number of hydrogen-bond donors (Lipinski definition) is 1. The molecule has 6 nitrogen and oxygen atoms in total. The molecule has 2 aromatic carbocycles. The number of carbonyl (C=O) groups is 1. The third-order valence-corrected chi connectivity index (χ3v) is 3.68.